The molecule has 0 unspecified atom stereocenters. The molecule has 184 valence electrons. The molecule has 1 aromatic carbocycles. The van der Waals surface area contributed by atoms with Crippen molar-refractivity contribution in [3.8, 4) is 11.4 Å². The van der Waals surface area contributed by atoms with Crippen molar-refractivity contribution in [1.29, 1.82) is 0 Å². The summed E-state index contributed by atoms with van der Waals surface area (Å²) in [5.41, 5.74) is 0.255. The molecule has 0 atom stereocenters. The van der Waals surface area contributed by atoms with Gasteiger partial charge in [-0.2, -0.15) is 13.2 Å². The molecular weight excluding hydrogens is 483 g/mol. The second kappa shape index (κ2) is 9.88. The van der Waals surface area contributed by atoms with Gasteiger partial charge >= 0.3 is 6.18 Å². The Morgan fingerprint density at radius 1 is 1.06 bits per heavy atom. The van der Waals surface area contributed by atoms with Gasteiger partial charge in [-0.15, -0.1) is 11.3 Å². The molecule has 2 fully saturated rings. The van der Waals surface area contributed by atoms with E-state index in [1.54, 1.807) is 34.5 Å². The largest absolute Gasteiger partial charge is 0.420 e. The predicted octanol–water partition coefficient (Wildman–Crippen LogP) is 4.62. The van der Waals surface area contributed by atoms with Gasteiger partial charge in [0.1, 0.15) is 23.6 Å². The number of hydrogen-bond donors (Lipinski definition) is 1. The Morgan fingerprint density at radius 3 is 2.54 bits per heavy atom. The highest BCUT2D eigenvalue weighted by Gasteiger charge is 2.36. The van der Waals surface area contributed by atoms with Gasteiger partial charge in [0, 0.05) is 48.6 Å². The van der Waals surface area contributed by atoms with Crippen molar-refractivity contribution in [2.75, 3.05) is 43.2 Å². The van der Waals surface area contributed by atoms with Crippen LogP contribution in [0.1, 0.15) is 29.3 Å². The summed E-state index contributed by atoms with van der Waals surface area (Å²) in [6.07, 6.45) is -2.26. The summed E-state index contributed by atoms with van der Waals surface area (Å²) in [6.45, 7) is 2.19. The van der Waals surface area contributed by atoms with Gasteiger partial charge in [-0.25, -0.2) is 15.0 Å². The quantitative estimate of drug-likeness (QED) is 0.541. The van der Waals surface area contributed by atoms with Crippen LogP contribution < -0.4 is 10.2 Å². The van der Waals surface area contributed by atoms with Crippen LogP contribution in [0.2, 0.25) is 0 Å². The first-order valence-corrected chi connectivity index (χ1v) is 12.0. The maximum absolute atomic E-state index is 13.7. The number of carbonyl (C=O) groups excluding carboxylic acids is 1. The zero-order valence-electron chi connectivity index (χ0n) is 18.5. The first kappa shape index (κ1) is 23.6. The molecule has 2 aromatic heterocycles. The van der Waals surface area contributed by atoms with E-state index in [2.05, 4.69) is 20.3 Å². The monoisotopic (exact) mass is 505 g/mol. The van der Waals surface area contributed by atoms with Gasteiger partial charge in [0.05, 0.1) is 11.6 Å². The van der Waals surface area contributed by atoms with E-state index in [-0.39, 0.29) is 35.8 Å². The Morgan fingerprint density at radius 2 is 1.83 bits per heavy atom. The average Bonchev–Trinajstić information content (AvgIpc) is 3.35. The van der Waals surface area contributed by atoms with Gasteiger partial charge in [0.15, 0.2) is 0 Å². The molecule has 8 nitrogen and oxygen atoms in total. The molecule has 0 aliphatic carbocycles. The predicted molar refractivity (Wildman–Crippen MR) is 124 cm³/mol. The Hall–Kier alpha value is -3.09. The molecule has 0 spiro atoms. The molecule has 12 heteroatoms. The maximum Gasteiger partial charge on any atom is 0.420 e. The number of alkyl halides is 3. The molecule has 0 saturated carbocycles. The van der Waals surface area contributed by atoms with Gasteiger partial charge in [-0.3, -0.25) is 4.79 Å². The van der Waals surface area contributed by atoms with Gasteiger partial charge in [-0.1, -0.05) is 0 Å². The number of amides is 1. The van der Waals surface area contributed by atoms with Gasteiger partial charge in [0.2, 0.25) is 5.95 Å². The van der Waals surface area contributed by atoms with Crippen LogP contribution in [0.15, 0.2) is 35.8 Å². The highest BCUT2D eigenvalue weighted by atomic mass is 32.1. The van der Waals surface area contributed by atoms with E-state index in [1.807, 2.05) is 0 Å². The van der Waals surface area contributed by atoms with Crippen LogP contribution in [-0.2, 0) is 20.4 Å². The Kier molecular flexibility index (Phi) is 6.67. The number of nitrogens with one attached hydrogen (secondary N) is 1. The molecule has 2 aliphatic rings. The third kappa shape index (κ3) is 5.29. The number of carbonyl (C=O) groups is 1. The maximum atomic E-state index is 13.7. The molecule has 5 rings (SSSR count). The van der Waals surface area contributed by atoms with Crippen LogP contribution in [0.3, 0.4) is 0 Å². The van der Waals surface area contributed by atoms with Crippen molar-refractivity contribution in [1.82, 2.24) is 15.0 Å². The third-order valence-electron chi connectivity index (χ3n) is 5.85. The smallest absolute Gasteiger partial charge is 0.381 e. The second-order valence-electron chi connectivity index (χ2n) is 8.18. The molecule has 1 N–H and O–H groups in total. The van der Waals surface area contributed by atoms with Crippen molar-refractivity contribution in [2.24, 2.45) is 0 Å². The molecule has 1 amide bonds. The lowest BCUT2D eigenvalue weighted by molar-refractivity contribution is -0.137. The minimum Gasteiger partial charge on any atom is -0.381 e. The lowest BCUT2D eigenvalue weighted by Crippen LogP contribution is -2.41. The number of thiazole rings is 1. The van der Waals surface area contributed by atoms with Gasteiger partial charge in [0.25, 0.3) is 5.91 Å². The summed E-state index contributed by atoms with van der Waals surface area (Å²) in [5.74, 6) is 0.0630. The van der Waals surface area contributed by atoms with Crippen LogP contribution >= 0.6 is 11.3 Å². The van der Waals surface area contributed by atoms with E-state index < -0.39 is 11.7 Å². The number of anilines is 3. The number of morpholine rings is 1. The first-order chi connectivity index (χ1) is 16.9. The summed E-state index contributed by atoms with van der Waals surface area (Å²) in [7, 11) is 0. The lowest BCUT2D eigenvalue weighted by atomic mass is 10.0. The fourth-order valence-corrected chi connectivity index (χ4v) is 4.99. The number of nitrogens with zero attached hydrogens (tertiary/aromatic N) is 4. The second-order valence-corrected chi connectivity index (χ2v) is 9.07. The van der Waals surface area contributed by atoms with E-state index in [0.717, 1.165) is 24.0 Å². The first-order valence-electron chi connectivity index (χ1n) is 11.1. The van der Waals surface area contributed by atoms with Crippen molar-refractivity contribution >= 4 is 34.6 Å². The zero-order chi connectivity index (χ0) is 24.4. The number of rotatable bonds is 5. The number of halogens is 3. The summed E-state index contributed by atoms with van der Waals surface area (Å²) in [6, 6.07) is 6.92. The molecule has 4 heterocycles. The summed E-state index contributed by atoms with van der Waals surface area (Å²) < 4.78 is 51.7. The van der Waals surface area contributed by atoms with Crippen molar-refractivity contribution in [3.05, 3.63) is 46.4 Å². The van der Waals surface area contributed by atoms with Gasteiger partial charge < -0.3 is 19.7 Å². The van der Waals surface area contributed by atoms with Crippen molar-refractivity contribution < 1.29 is 27.4 Å². The topological polar surface area (TPSA) is 89.5 Å². The van der Waals surface area contributed by atoms with Crippen LogP contribution in [-0.4, -0.2) is 53.8 Å². The third-order valence-corrected chi connectivity index (χ3v) is 6.86. The highest BCUT2D eigenvalue weighted by molar-refractivity contribution is 7.10. The fraction of sp³-hybridized carbons (Fsp3) is 0.391. The number of aromatic nitrogens is 3. The molecule has 0 radical (unpaired) electrons. The highest BCUT2D eigenvalue weighted by Crippen LogP contribution is 2.38. The van der Waals surface area contributed by atoms with E-state index in [1.165, 1.54) is 11.3 Å². The van der Waals surface area contributed by atoms with Crippen LogP contribution in [0.4, 0.5) is 30.5 Å². The molecular formula is C23H22F3N5O3S. The Bertz CT molecular complexity index is 1200. The molecule has 2 saturated heterocycles. The number of ether oxygens (including phenoxy) is 2. The van der Waals surface area contributed by atoms with E-state index in [9.17, 15) is 18.0 Å². The summed E-state index contributed by atoms with van der Waals surface area (Å²) >= 11 is 1.34. The SMILES string of the molecule is O=C1COCCN1c1ccc(Nc2ncc(C(F)(F)F)c(-c3csc(C4CCOCC4)n3)n2)cc1. The van der Waals surface area contributed by atoms with Crippen LogP contribution in [0, 0.1) is 0 Å². The lowest BCUT2D eigenvalue weighted by Gasteiger charge is -2.26. The van der Waals surface area contributed by atoms with E-state index in [0.29, 0.717) is 37.7 Å². The van der Waals surface area contributed by atoms with E-state index >= 15 is 0 Å². The standard InChI is InChI=1S/C23H22F3N5O3S/c24-23(25,26)17-11-27-22(28-15-1-3-16(4-2-15)31-7-10-34-12-19(31)32)30-20(17)18-13-35-21(29-18)14-5-8-33-9-6-14/h1-4,11,13-14H,5-10,12H2,(H,27,28,30). The minimum absolute atomic E-state index is 0.0174. The summed E-state index contributed by atoms with van der Waals surface area (Å²) in [4.78, 5) is 26.2. The summed E-state index contributed by atoms with van der Waals surface area (Å²) in [5, 5.41) is 5.35. The zero-order valence-corrected chi connectivity index (χ0v) is 19.4. The Labute approximate surface area is 203 Å². The van der Waals surface area contributed by atoms with Crippen LogP contribution in [0.25, 0.3) is 11.4 Å². The van der Waals surface area contributed by atoms with Crippen molar-refractivity contribution in [3.63, 3.8) is 0 Å². The normalized spacial score (nSPS) is 17.6. The molecule has 0 bridgehead atoms. The van der Waals surface area contributed by atoms with Crippen molar-refractivity contribution in [2.45, 2.75) is 24.9 Å². The Balaban J connectivity index is 1.39. The fourth-order valence-electron chi connectivity index (χ4n) is 4.02. The average molecular weight is 506 g/mol. The molecule has 3 aromatic rings. The van der Waals surface area contributed by atoms with Crippen LogP contribution in [0.5, 0.6) is 0 Å². The minimum atomic E-state index is -4.62. The number of benzene rings is 1. The number of hydrogen-bond acceptors (Lipinski definition) is 8. The van der Waals surface area contributed by atoms with E-state index in [4.69, 9.17) is 9.47 Å². The van der Waals surface area contributed by atoms with Gasteiger partial charge in [-0.05, 0) is 37.1 Å². The molecule has 2 aliphatic heterocycles. The molecule has 35 heavy (non-hydrogen) atoms.